The van der Waals surface area contributed by atoms with Gasteiger partial charge in [-0.1, -0.05) is 13.3 Å². The van der Waals surface area contributed by atoms with Crippen molar-refractivity contribution < 1.29 is 14.7 Å². The number of carbonyl (C=O) groups excluding carboxylic acids is 1. The maximum absolute atomic E-state index is 11.1. The van der Waals surface area contributed by atoms with Gasteiger partial charge in [-0.2, -0.15) is 0 Å². The fourth-order valence-corrected chi connectivity index (χ4v) is 2.23. The van der Waals surface area contributed by atoms with Gasteiger partial charge in [-0.25, -0.2) is 0 Å². The number of carbonyl (C=O) groups is 2. The zero-order valence-corrected chi connectivity index (χ0v) is 9.69. The number of aliphatic carboxylic acids is 1. The van der Waals surface area contributed by atoms with Crippen LogP contribution in [-0.4, -0.2) is 41.0 Å². The summed E-state index contributed by atoms with van der Waals surface area (Å²) >= 11 is 0. The van der Waals surface area contributed by atoms with Gasteiger partial charge in [0, 0.05) is 5.92 Å². The summed E-state index contributed by atoms with van der Waals surface area (Å²) in [6, 6.07) is -0.404. The summed E-state index contributed by atoms with van der Waals surface area (Å²) in [5.74, 6) is -1.10. The van der Waals surface area contributed by atoms with Gasteiger partial charge in [0.2, 0.25) is 5.91 Å². The molecule has 0 aromatic rings. The monoisotopic (exact) mass is 228 g/mol. The summed E-state index contributed by atoms with van der Waals surface area (Å²) < 4.78 is 0. The minimum atomic E-state index is -0.764. The molecule has 0 aromatic carbocycles. The minimum absolute atomic E-state index is 0.0766. The second kappa shape index (κ2) is 5.84. The highest BCUT2D eigenvalue weighted by atomic mass is 16.4. The lowest BCUT2D eigenvalue weighted by molar-refractivity contribution is -0.144. The Morgan fingerprint density at radius 2 is 2.00 bits per heavy atom. The van der Waals surface area contributed by atoms with E-state index in [1.807, 2.05) is 11.8 Å². The molecule has 1 heterocycles. The van der Waals surface area contributed by atoms with Crippen LogP contribution < -0.4 is 5.73 Å². The van der Waals surface area contributed by atoms with Crippen LogP contribution in [-0.2, 0) is 9.59 Å². The van der Waals surface area contributed by atoms with Gasteiger partial charge in [0.15, 0.2) is 0 Å². The van der Waals surface area contributed by atoms with E-state index in [2.05, 4.69) is 0 Å². The van der Waals surface area contributed by atoms with Gasteiger partial charge in [0.1, 0.15) is 6.04 Å². The Bertz CT molecular complexity index is 260. The summed E-state index contributed by atoms with van der Waals surface area (Å²) in [5, 5.41) is 9.10. The Morgan fingerprint density at radius 1 is 1.44 bits per heavy atom. The number of likely N-dealkylation sites (tertiary alicyclic amines) is 1. The summed E-state index contributed by atoms with van der Waals surface area (Å²) in [4.78, 5) is 24.0. The molecule has 1 unspecified atom stereocenters. The van der Waals surface area contributed by atoms with Crippen LogP contribution in [0.4, 0.5) is 0 Å². The van der Waals surface area contributed by atoms with Crippen molar-refractivity contribution in [2.24, 2.45) is 11.7 Å². The Labute approximate surface area is 95.6 Å². The predicted octanol–water partition coefficient (Wildman–Crippen LogP) is 0.437. The molecule has 5 heteroatoms. The molecule has 1 amide bonds. The van der Waals surface area contributed by atoms with E-state index < -0.39 is 12.0 Å². The summed E-state index contributed by atoms with van der Waals surface area (Å²) in [6.45, 7) is 3.29. The molecule has 16 heavy (non-hydrogen) atoms. The first-order valence-corrected chi connectivity index (χ1v) is 5.82. The Hall–Kier alpha value is -1.10. The third-order valence-electron chi connectivity index (χ3n) is 3.22. The fraction of sp³-hybridized carbons (Fsp3) is 0.818. The van der Waals surface area contributed by atoms with E-state index in [1.165, 1.54) is 0 Å². The normalized spacial score (nSPS) is 20.6. The predicted molar refractivity (Wildman–Crippen MR) is 59.8 cm³/mol. The van der Waals surface area contributed by atoms with Gasteiger partial charge in [0.05, 0.1) is 0 Å². The first-order chi connectivity index (χ1) is 7.56. The molecule has 5 nitrogen and oxygen atoms in total. The van der Waals surface area contributed by atoms with Gasteiger partial charge >= 0.3 is 5.97 Å². The van der Waals surface area contributed by atoms with Gasteiger partial charge in [-0.15, -0.1) is 0 Å². The first-order valence-electron chi connectivity index (χ1n) is 5.82. The Kier molecular flexibility index (Phi) is 4.73. The van der Waals surface area contributed by atoms with Crippen LogP contribution in [0.5, 0.6) is 0 Å². The molecular formula is C11H20N2O3. The van der Waals surface area contributed by atoms with E-state index in [-0.39, 0.29) is 11.8 Å². The third kappa shape index (κ3) is 3.20. The molecule has 0 aliphatic carbocycles. The Morgan fingerprint density at radius 3 is 2.38 bits per heavy atom. The molecule has 1 aliphatic rings. The zero-order chi connectivity index (χ0) is 12.1. The highest BCUT2D eigenvalue weighted by Crippen LogP contribution is 2.20. The van der Waals surface area contributed by atoms with Gasteiger partial charge in [0.25, 0.3) is 0 Å². The van der Waals surface area contributed by atoms with Crippen molar-refractivity contribution in [2.75, 3.05) is 13.1 Å². The van der Waals surface area contributed by atoms with E-state index in [0.717, 1.165) is 6.42 Å². The molecule has 0 spiro atoms. The van der Waals surface area contributed by atoms with Crippen molar-refractivity contribution >= 4 is 11.9 Å². The largest absolute Gasteiger partial charge is 0.480 e. The molecule has 1 atom stereocenters. The lowest BCUT2D eigenvalue weighted by Crippen LogP contribution is -2.47. The van der Waals surface area contributed by atoms with Crippen LogP contribution in [0.3, 0.4) is 0 Å². The average molecular weight is 228 g/mol. The molecular weight excluding hydrogens is 208 g/mol. The number of amides is 1. The number of primary amides is 1. The molecule has 1 saturated heterocycles. The van der Waals surface area contributed by atoms with Gasteiger partial charge < -0.3 is 10.8 Å². The molecule has 1 aliphatic heterocycles. The summed E-state index contributed by atoms with van der Waals surface area (Å²) in [7, 11) is 0. The van der Waals surface area contributed by atoms with E-state index in [0.29, 0.717) is 32.4 Å². The number of hydrogen-bond acceptors (Lipinski definition) is 3. The lowest BCUT2D eigenvalue weighted by atomic mass is 9.94. The van der Waals surface area contributed by atoms with E-state index in [9.17, 15) is 9.59 Å². The lowest BCUT2D eigenvalue weighted by Gasteiger charge is -2.34. The second-order valence-electron chi connectivity index (χ2n) is 4.36. The number of nitrogens with zero attached hydrogens (tertiary/aromatic N) is 1. The van der Waals surface area contributed by atoms with E-state index in [4.69, 9.17) is 10.8 Å². The van der Waals surface area contributed by atoms with Crippen LogP contribution in [0.2, 0.25) is 0 Å². The topological polar surface area (TPSA) is 83.6 Å². The molecule has 1 fully saturated rings. The Balaban J connectivity index is 2.50. The van der Waals surface area contributed by atoms with Crippen LogP contribution in [0.15, 0.2) is 0 Å². The van der Waals surface area contributed by atoms with Crippen molar-refractivity contribution in [3.8, 4) is 0 Å². The maximum atomic E-state index is 11.1. The van der Waals surface area contributed by atoms with Crippen LogP contribution in [0.1, 0.15) is 32.6 Å². The number of rotatable bonds is 5. The van der Waals surface area contributed by atoms with Crippen LogP contribution in [0.25, 0.3) is 0 Å². The van der Waals surface area contributed by atoms with Gasteiger partial charge in [-0.3, -0.25) is 14.5 Å². The minimum Gasteiger partial charge on any atom is -0.480 e. The molecule has 3 N–H and O–H groups in total. The second-order valence-corrected chi connectivity index (χ2v) is 4.36. The quantitative estimate of drug-likeness (QED) is 0.715. The summed E-state index contributed by atoms with van der Waals surface area (Å²) in [6.07, 6.45) is 2.88. The van der Waals surface area contributed by atoms with Crippen LogP contribution >= 0.6 is 0 Å². The molecule has 0 aromatic heterocycles. The molecule has 92 valence electrons. The zero-order valence-electron chi connectivity index (χ0n) is 9.69. The average Bonchev–Trinajstić information content (AvgIpc) is 2.25. The molecule has 1 rings (SSSR count). The number of hydrogen-bond donors (Lipinski definition) is 2. The van der Waals surface area contributed by atoms with Gasteiger partial charge in [-0.05, 0) is 32.4 Å². The molecule has 0 bridgehead atoms. The number of carboxylic acid groups (broad SMARTS) is 1. The van der Waals surface area contributed by atoms with Crippen molar-refractivity contribution in [3.05, 3.63) is 0 Å². The number of nitrogens with two attached hydrogens (primary N) is 1. The molecule has 0 saturated carbocycles. The number of piperidine rings is 1. The van der Waals surface area contributed by atoms with Crippen molar-refractivity contribution in [2.45, 2.75) is 38.6 Å². The number of carboxylic acids is 1. The third-order valence-corrected chi connectivity index (χ3v) is 3.22. The highest BCUT2D eigenvalue weighted by Gasteiger charge is 2.30. The fourth-order valence-electron chi connectivity index (χ4n) is 2.23. The van der Waals surface area contributed by atoms with Crippen molar-refractivity contribution in [1.82, 2.24) is 4.90 Å². The van der Waals surface area contributed by atoms with E-state index >= 15 is 0 Å². The first kappa shape index (κ1) is 13.0. The SMILES string of the molecule is CCCC(C(=O)O)N1CCC(C(N)=O)CC1. The maximum Gasteiger partial charge on any atom is 0.320 e. The standard InChI is InChI=1S/C11H20N2O3/c1-2-3-9(11(15)16)13-6-4-8(5-7-13)10(12)14/h8-9H,2-7H2,1H3,(H2,12,14)(H,15,16). The summed E-state index contributed by atoms with van der Waals surface area (Å²) in [5.41, 5.74) is 5.23. The van der Waals surface area contributed by atoms with Crippen molar-refractivity contribution in [1.29, 1.82) is 0 Å². The van der Waals surface area contributed by atoms with Crippen LogP contribution in [0, 0.1) is 5.92 Å². The highest BCUT2D eigenvalue weighted by molar-refractivity contribution is 5.77. The molecule has 0 radical (unpaired) electrons. The smallest absolute Gasteiger partial charge is 0.320 e. The van der Waals surface area contributed by atoms with Crippen molar-refractivity contribution in [3.63, 3.8) is 0 Å². The van der Waals surface area contributed by atoms with E-state index in [1.54, 1.807) is 0 Å².